The lowest BCUT2D eigenvalue weighted by Gasteiger charge is -2.32. The third-order valence-corrected chi connectivity index (χ3v) is 5.73. The Bertz CT molecular complexity index is 747. The highest BCUT2D eigenvalue weighted by atomic mass is 32.2. The third-order valence-electron chi connectivity index (χ3n) is 4.94. The van der Waals surface area contributed by atoms with Crippen LogP contribution in [0.25, 0.3) is 0 Å². The number of carbonyl (C=O) groups excluding carboxylic acids is 1. The predicted octanol–water partition coefficient (Wildman–Crippen LogP) is 3.87. The van der Waals surface area contributed by atoms with Crippen molar-refractivity contribution in [3.63, 3.8) is 0 Å². The molecule has 3 rings (SSSR count). The monoisotopic (exact) mass is 385 g/mol. The first kappa shape index (κ1) is 19.9. The molecule has 1 aliphatic rings. The minimum atomic E-state index is 0.0185. The summed E-state index contributed by atoms with van der Waals surface area (Å²) in [4.78, 5) is 16.5. The van der Waals surface area contributed by atoms with Crippen LogP contribution in [0.2, 0.25) is 0 Å². The zero-order chi connectivity index (χ0) is 19.1. The summed E-state index contributed by atoms with van der Waals surface area (Å²) in [5, 5.41) is 8.82. The maximum atomic E-state index is 13.0. The van der Waals surface area contributed by atoms with E-state index in [1.54, 1.807) is 11.8 Å². The molecule has 0 amide bonds. The lowest BCUT2D eigenvalue weighted by molar-refractivity contribution is 0.0808. The van der Waals surface area contributed by atoms with Gasteiger partial charge in [-0.3, -0.25) is 9.69 Å². The van der Waals surface area contributed by atoms with E-state index in [2.05, 4.69) is 17.0 Å². The maximum Gasteiger partial charge on any atom is 0.168 e. The molecular formula is C22H27NO3S. The van der Waals surface area contributed by atoms with Gasteiger partial charge in [-0.2, -0.15) is 0 Å². The fraction of sp³-hybridized carbons (Fsp3) is 0.409. The number of nitrogens with zero attached hydrogens (tertiary/aromatic N) is 1. The number of hydrogen-bond donors (Lipinski definition) is 1. The number of thioether (sulfide) groups is 1. The van der Waals surface area contributed by atoms with Crippen molar-refractivity contribution in [3.05, 3.63) is 59.7 Å². The van der Waals surface area contributed by atoms with Gasteiger partial charge in [-0.1, -0.05) is 30.3 Å². The van der Waals surface area contributed by atoms with Gasteiger partial charge in [0.15, 0.2) is 5.78 Å². The van der Waals surface area contributed by atoms with Crippen LogP contribution in [0.15, 0.2) is 53.4 Å². The molecule has 144 valence electrons. The molecule has 1 saturated heterocycles. The van der Waals surface area contributed by atoms with Gasteiger partial charge in [-0.15, -0.1) is 11.8 Å². The molecule has 0 spiro atoms. The largest absolute Gasteiger partial charge is 0.491 e. The van der Waals surface area contributed by atoms with E-state index in [1.807, 2.05) is 42.7 Å². The summed E-state index contributed by atoms with van der Waals surface area (Å²) in [7, 11) is 0. The molecule has 0 bridgehead atoms. The molecule has 0 radical (unpaired) electrons. The molecule has 0 saturated carbocycles. The van der Waals surface area contributed by atoms with Crippen molar-refractivity contribution < 1.29 is 14.6 Å². The Kier molecular flexibility index (Phi) is 7.33. The lowest BCUT2D eigenvalue weighted by atomic mass is 9.89. The number of benzene rings is 2. The Balaban J connectivity index is 1.61. The molecule has 1 atom stereocenters. The first-order chi connectivity index (χ1) is 13.2. The molecule has 1 aliphatic heterocycles. The number of ketones is 1. The average Bonchev–Trinajstić information content (AvgIpc) is 2.73. The number of carbonyl (C=O) groups is 1. The summed E-state index contributed by atoms with van der Waals surface area (Å²) in [6.45, 7) is 3.01. The third kappa shape index (κ3) is 5.34. The van der Waals surface area contributed by atoms with Crippen LogP contribution in [-0.2, 0) is 6.54 Å². The van der Waals surface area contributed by atoms with Crippen molar-refractivity contribution in [3.8, 4) is 5.75 Å². The quantitative estimate of drug-likeness (QED) is 0.552. The predicted molar refractivity (Wildman–Crippen MR) is 110 cm³/mol. The number of rotatable bonds is 8. The SMILES string of the molecule is CSc1ccccc1C(=O)[C@@H]1CCCN(Cc2ccc(OCCO)cc2)C1. The number of ether oxygens (including phenoxy) is 1. The molecule has 2 aromatic carbocycles. The smallest absolute Gasteiger partial charge is 0.168 e. The summed E-state index contributed by atoms with van der Waals surface area (Å²) in [5.41, 5.74) is 2.08. The van der Waals surface area contributed by atoms with Gasteiger partial charge in [0.25, 0.3) is 0 Å². The van der Waals surface area contributed by atoms with Crippen LogP contribution in [0, 0.1) is 5.92 Å². The standard InChI is InChI=1S/C22H27NO3S/c1-27-21-7-3-2-6-20(21)22(25)18-5-4-12-23(16-18)15-17-8-10-19(11-9-17)26-14-13-24/h2-3,6-11,18,24H,4-5,12-16H2,1H3/t18-/m1/s1. The Hall–Kier alpha value is -1.82. The van der Waals surface area contributed by atoms with Crippen LogP contribution >= 0.6 is 11.8 Å². The first-order valence-electron chi connectivity index (χ1n) is 9.43. The Morgan fingerprint density at radius 1 is 1.22 bits per heavy atom. The maximum absolute atomic E-state index is 13.0. The fourth-order valence-corrected chi connectivity index (χ4v) is 4.20. The number of Topliss-reactive ketones (excluding diaryl/α,β-unsaturated/α-hetero) is 1. The highest BCUT2D eigenvalue weighted by molar-refractivity contribution is 7.98. The summed E-state index contributed by atoms with van der Waals surface area (Å²) < 4.78 is 5.41. The van der Waals surface area contributed by atoms with Gasteiger partial charge < -0.3 is 9.84 Å². The van der Waals surface area contributed by atoms with Crippen LogP contribution in [0.3, 0.4) is 0 Å². The summed E-state index contributed by atoms with van der Waals surface area (Å²) >= 11 is 1.64. The second-order valence-corrected chi connectivity index (χ2v) is 7.70. The molecule has 4 nitrogen and oxygen atoms in total. The molecule has 5 heteroatoms. The van der Waals surface area contributed by atoms with Crippen LogP contribution in [0.4, 0.5) is 0 Å². The highest BCUT2D eigenvalue weighted by Gasteiger charge is 2.27. The van der Waals surface area contributed by atoms with E-state index in [4.69, 9.17) is 9.84 Å². The summed E-state index contributed by atoms with van der Waals surface area (Å²) in [6, 6.07) is 15.9. The van der Waals surface area contributed by atoms with Crippen molar-refractivity contribution >= 4 is 17.5 Å². The van der Waals surface area contributed by atoms with Gasteiger partial charge in [0, 0.05) is 29.5 Å². The van der Waals surface area contributed by atoms with Crippen molar-refractivity contribution in [1.82, 2.24) is 4.90 Å². The second kappa shape index (κ2) is 9.93. The Labute approximate surface area is 165 Å². The van der Waals surface area contributed by atoms with E-state index in [9.17, 15) is 4.79 Å². The highest BCUT2D eigenvalue weighted by Crippen LogP contribution is 2.27. The zero-order valence-electron chi connectivity index (χ0n) is 15.8. The van der Waals surface area contributed by atoms with Crippen molar-refractivity contribution in [2.75, 3.05) is 32.6 Å². The van der Waals surface area contributed by atoms with E-state index in [1.165, 1.54) is 5.56 Å². The van der Waals surface area contributed by atoms with Gasteiger partial charge in [0.2, 0.25) is 0 Å². The van der Waals surface area contributed by atoms with E-state index < -0.39 is 0 Å². The molecule has 1 N–H and O–H groups in total. The minimum absolute atomic E-state index is 0.0185. The lowest BCUT2D eigenvalue weighted by Crippen LogP contribution is -2.38. The number of hydrogen-bond acceptors (Lipinski definition) is 5. The topological polar surface area (TPSA) is 49.8 Å². The van der Waals surface area contributed by atoms with E-state index >= 15 is 0 Å². The van der Waals surface area contributed by atoms with Crippen molar-refractivity contribution in [2.24, 2.45) is 5.92 Å². The number of aliphatic hydroxyl groups is 1. The zero-order valence-corrected chi connectivity index (χ0v) is 16.6. The molecule has 1 fully saturated rings. The van der Waals surface area contributed by atoms with Crippen LogP contribution in [0.1, 0.15) is 28.8 Å². The van der Waals surface area contributed by atoms with Gasteiger partial charge >= 0.3 is 0 Å². The van der Waals surface area contributed by atoms with Gasteiger partial charge in [0.1, 0.15) is 12.4 Å². The van der Waals surface area contributed by atoms with Crippen molar-refractivity contribution in [2.45, 2.75) is 24.3 Å². The first-order valence-corrected chi connectivity index (χ1v) is 10.7. The summed E-state index contributed by atoms with van der Waals surface area (Å²) in [6.07, 6.45) is 4.04. The molecule has 0 aliphatic carbocycles. The van der Waals surface area contributed by atoms with E-state index in [0.717, 1.165) is 48.7 Å². The van der Waals surface area contributed by atoms with Crippen LogP contribution in [-0.4, -0.2) is 48.3 Å². The van der Waals surface area contributed by atoms with Gasteiger partial charge in [-0.25, -0.2) is 0 Å². The molecular weight excluding hydrogens is 358 g/mol. The van der Waals surface area contributed by atoms with Crippen LogP contribution in [0.5, 0.6) is 5.75 Å². The summed E-state index contributed by atoms with van der Waals surface area (Å²) in [5.74, 6) is 1.12. The van der Waals surface area contributed by atoms with Gasteiger partial charge in [0.05, 0.1) is 6.61 Å². The Morgan fingerprint density at radius 3 is 2.74 bits per heavy atom. The normalized spacial score (nSPS) is 17.6. The Morgan fingerprint density at radius 2 is 2.00 bits per heavy atom. The number of aliphatic hydroxyl groups excluding tert-OH is 1. The molecule has 1 heterocycles. The average molecular weight is 386 g/mol. The molecule has 0 aromatic heterocycles. The minimum Gasteiger partial charge on any atom is -0.491 e. The number of piperidine rings is 1. The van der Waals surface area contributed by atoms with E-state index in [0.29, 0.717) is 6.61 Å². The van der Waals surface area contributed by atoms with E-state index in [-0.39, 0.29) is 18.3 Å². The molecule has 0 unspecified atom stereocenters. The van der Waals surface area contributed by atoms with Crippen LogP contribution < -0.4 is 4.74 Å². The number of likely N-dealkylation sites (tertiary alicyclic amines) is 1. The van der Waals surface area contributed by atoms with Gasteiger partial charge in [-0.05, 0) is 49.4 Å². The second-order valence-electron chi connectivity index (χ2n) is 6.85. The molecule has 2 aromatic rings. The fourth-order valence-electron chi connectivity index (χ4n) is 3.59. The van der Waals surface area contributed by atoms with Crippen molar-refractivity contribution in [1.29, 1.82) is 0 Å². The molecule has 27 heavy (non-hydrogen) atoms.